The Balaban J connectivity index is 2.08. The Kier molecular flexibility index (Phi) is 5.45. The number of amides is 2. The van der Waals surface area contributed by atoms with Gasteiger partial charge in [0.15, 0.2) is 5.11 Å². The van der Waals surface area contributed by atoms with E-state index < -0.39 is 22.7 Å². The van der Waals surface area contributed by atoms with Crippen LogP contribution in [0.25, 0.3) is 17.3 Å². The van der Waals surface area contributed by atoms with Gasteiger partial charge in [0.25, 0.3) is 17.5 Å². The van der Waals surface area contributed by atoms with E-state index in [1.807, 2.05) is 0 Å². The topological polar surface area (TPSA) is 156 Å². The SMILES string of the molecule is O=C(O)CCn1cc(C=C2C(=O)NC(=S)NC2=O)c(-c2cccc([N+](=O)[O-])c2)n1. The van der Waals surface area contributed by atoms with Gasteiger partial charge in [0.2, 0.25) is 0 Å². The van der Waals surface area contributed by atoms with Gasteiger partial charge in [-0.25, -0.2) is 0 Å². The number of nitro benzene ring substituents is 1. The largest absolute Gasteiger partial charge is 0.481 e. The lowest BCUT2D eigenvalue weighted by Gasteiger charge is -2.16. The summed E-state index contributed by atoms with van der Waals surface area (Å²) in [6.07, 6.45) is 2.52. The number of thiocarbonyl (C=S) groups is 1. The van der Waals surface area contributed by atoms with Crippen molar-refractivity contribution in [1.82, 2.24) is 20.4 Å². The number of rotatable bonds is 6. The van der Waals surface area contributed by atoms with Gasteiger partial charge in [0, 0.05) is 29.5 Å². The predicted molar refractivity (Wildman–Crippen MR) is 103 cm³/mol. The summed E-state index contributed by atoms with van der Waals surface area (Å²) in [6, 6.07) is 5.65. The number of carboxylic acids is 1. The van der Waals surface area contributed by atoms with Crippen LogP contribution in [-0.4, -0.2) is 42.7 Å². The quantitative estimate of drug-likeness (QED) is 0.206. The number of carbonyl (C=O) groups is 3. The summed E-state index contributed by atoms with van der Waals surface area (Å²) < 4.78 is 1.33. The molecule has 2 heterocycles. The van der Waals surface area contributed by atoms with Crippen LogP contribution in [0.1, 0.15) is 12.0 Å². The molecule has 0 unspecified atom stereocenters. The van der Waals surface area contributed by atoms with Crippen LogP contribution in [0.15, 0.2) is 36.0 Å². The number of nitrogens with one attached hydrogen (secondary N) is 2. The highest BCUT2D eigenvalue weighted by molar-refractivity contribution is 7.80. The van der Waals surface area contributed by atoms with Gasteiger partial charge in [-0.15, -0.1) is 0 Å². The maximum atomic E-state index is 12.1. The molecule has 0 atom stereocenters. The van der Waals surface area contributed by atoms with E-state index in [0.29, 0.717) is 11.1 Å². The van der Waals surface area contributed by atoms with Gasteiger partial charge >= 0.3 is 5.97 Å². The van der Waals surface area contributed by atoms with Crippen molar-refractivity contribution >= 4 is 46.9 Å². The number of non-ortho nitro benzene ring substituents is 1. The number of carbonyl (C=O) groups excluding carboxylic acids is 2. The molecule has 0 spiro atoms. The Morgan fingerprint density at radius 3 is 2.62 bits per heavy atom. The molecule has 3 N–H and O–H groups in total. The van der Waals surface area contributed by atoms with Crippen molar-refractivity contribution < 1.29 is 24.4 Å². The highest BCUT2D eigenvalue weighted by atomic mass is 32.1. The Morgan fingerprint density at radius 1 is 1.31 bits per heavy atom. The first-order chi connectivity index (χ1) is 13.7. The molecule has 3 rings (SSSR count). The minimum atomic E-state index is -1.03. The van der Waals surface area contributed by atoms with E-state index in [9.17, 15) is 24.5 Å². The van der Waals surface area contributed by atoms with Crippen molar-refractivity contribution in [1.29, 1.82) is 0 Å². The number of nitro groups is 1. The van der Waals surface area contributed by atoms with E-state index in [4.69, 9.17) is 17.3 Å². The molecule has 0 aliphatic carbocycles. The van der Waals surface area contributed by atoms with Crippen LogP contribution >= 0.6 is 12.2 Å². The molecule has 1 aliphatic heterocycles. The second-order valence-corrected chi connectivity index (χ2v) is 6.35. The van der Waals surface area contributed by atoms with E-state index in [1.165, 1.54) is 35.2 Å². The van der Waals surface area contributed by atoms with Gasteiger partial charge in [-0.05, 0) is 18.3 Å². The Morgan fingerprint density at radius 2 is 2.00 bits per heavy atom. The highest BCUT2D eigenvalue weighted by Crippen LogP contribution is 2.27. The third-order valence-electron chi connectivity index (χ3n) is 3.92. The third kappa shape index (κ3) is 4.50. The number of benzene rings is 1. The molecule has 2 amide bonds. The second kappa shape index (κ2) is 7.98. The molecule has 11 nitrogen and oxygen atoms in total. The van der Waals surface area contributed by atoms with Gasteiger partial charge in [0.05, 0.1) is 23.6 Å². The fraction of sp³-hybridized carbons (Fsp3) is 0.118. The van der Waals surface area contributed by atoms with Crippen molar-refractivity contribution in [2.45, 2.75) is 13.0 Å². The number of hydrogen-bond acceptors (Lipinski definition) is 7. The first-order valence-corrected chi connectivity index (χ1v) is 8.58. The molecule has 0 radical (unpaired) electrons. The van der Waals surface area contributed by atoms with Crippen molar-refractivity contribution in [2.75, 3.05) is 0 Å². The number of aryl methyl sites for hydroxylation is 1. The zero-order valence-electron chi connectivity index (χ0n) is 14.6. The summed E-state index contributed by atoms with van der Waals surface area (Å²) in [5.41, 5.74) is 0.527. The van der Waals surface area contributed by atoms with Crippen LogP contribution < -0.4 is 10.6 Å². The van der Waals surface area contributed by atoms with Gasteiger partial charge in [-0.1, -0.05) is 12.1 Å². The molecule has 148 valence electrons. The average molecular weight is 415 g/mol. The number of aliphatic carboxylic acids is 1. The normalized spacial score (nSPS) is 13.7. The third-order valence-corrected chi connectivity index (χ3v) is 4.12. The number of hydrogen-bond donors (Lipinski definition) is 3. The lowest BCUT2D eigenvalue weighted by Crippen LogP contribution is -2.51. The van der Waals surface area contributed by atoms with Gasteiger partial charge in [-0.2, -0.15) is 5.10 Å². The standard InChI is InChI=1S/C17H13N5O6S/c23-13(24)4-5-21-8-10(7-12-15(25)18-17(29)19-16(12)26)14(20-21)9-2-1-3-11(6-9)22(27)28/h1-3,6-8H,4-5H2,(H,23,24)(H2,18,19,25,26,29). The Hall–Kier alpha value is -3.93. The summed E-state index contributed by atoms with van der Waals surface area (Å²) in [5, 5.41) is 28.7. The highest BCUT2D eigenvalue weighted by Gasteiger charge is 2.26. The fourth-order valence-electron chi connectivity index (χ4n) is 2.62. The number of carboxylic acid groups (broad SMARTS) is 1. The first-order valence-electron chi connectivity index (χ1n) is 8.17. The van der Waals surface area contributed by atoms with E-state index in [0.717, 1.165) is 0 Å². The van der Waals surface area contributed by atoms with E-state index >= 15 is 0 Å². The van der Waals surface area contributed by atoms with Crippen molar-refractivity contribution in [3.8, 4) is 11.3 Å². The molecule has 29 heavy (non-hydrogen) atoms. The van der Waals surface area contributed by atoms with E-state index in [2.05, 4.69) is 15.7 Å². The predicted octanol–water partition coefficient (Wildman–Crippen LogP) is 0.847. The molecular formula is C17H13N5O6S. The van der Waals surface area contributed by atoms with Crippen molar-refractivity contribution in [3.05, 3.63) is 51.7 Å². The van der Waals surface area contributed by atoms with Gasteiger partial charge < -0.3 is 5.11 Å². The monoisotopic (exact) mass is 415 g/mol. The second-order valence-electron chi connectivity index (χ2n) is 5.94. The number of aromatic nitrogens is 2. The molecule has 1 aromatic carbocycles. The van der Waals surface area contributed by atoms with Crippen LogP contribution in [0.5, 0.6) is 0 Å². The van der Waals surface area contributed by atoms with E-state index in [-0.39, 0.29) is 35.0 Å². The molecule has 2 aromatic rings. The summed E-state index contributed by atoms with van der Waals surface area (Å²) in [6.45, 7) is 0.0307. The minimum Gasteiger partial charge on any atom is -0.481 e. The average Bonchev–Trinajstić information content (AvgIpc) is 3.06. The van der Waals surface area contributed by atoms with Crippen LogP contribution in [0.3, 0.4) is 0 Å². The smallest absolute Gasteiger partial charge is 0.305 e. The van der Waals surface area contributed by atoms with Crippen molar-refractivity contribution in [3.63, 3.8) is 0 Å². The molecule has 1 saturated heterocycles. The summed E-state index contributed by atoms with van der Waals surface area (Å²) in [5.74, 6) is -2.44. The first kappa shape index (κ1) is 19.8. The van der Waals surface area contributed by atoms with Gasteiger partial charge in [0.1, 0.15) is 5.57 Å². The Bertz CT molecular complexity index is 1070. The molecule has 1 fully saturated rings. The van der Waals surface area contributed by atoms with Crippen molar-refractivity contribution in [2.24, 2.45) is 0 Å². The van der Waals surface area contributed by atoms with Crippen LogP contribution in [0, 0.1) is 10.1 Å². The van der Waals surface area contributed by atoms with Crippen LogP contribution in [0.4, 0.5) is 5.69 Å². The molecule has 0 saturated carbocycles. The summed E-state index contributed by atoms with van der Waals surface area (Å²) >= 11 is 4.75. The minimum absolute atomic E-state index is 0.0307. The lowest BCUT2D eigenvalue weighted by molar-refractivity contribution is -0.384. The van der Waals surface area contributed by atoms with E-state index in [1.54, 1.807) is 6.07 Å². The molecule has 0 bridgehead atoms. The summed E-state index contributed by atoms with van der Waals surface area (Å²) in [7, 11) is 0. The molecule has 12 heteroatoms. The summed E-state index contributed by atoms with van der Waals surface area (Å²) in [4.78, 5) is 45.6. The Labute approximate surface area is 168 Å². The maximum Gasteiger partial charge on any atom is 0.305 e. The number of nitrogens with zero attached hydrogens (tertiary/aromatic N) is 3. The zero-order valence-corrected chi connectivity index (χ0v) is 15.4. The van der Waals surface area contributed by atoms with Crippen LogP contribution in [-0.2, 0) is 20.9 Å². The maximum absolute atomic E-state index is 12.1. The zero-order chi connectivity index (χ0) is 21.1. The molecule has 1 aliphatic rings. The fourth-order valence-corrected chi connectivity index (χ4v) is 2.81. The lowest BCUT2D eigenvalue weighted by atomic mass is 10.0. The molecular weight excluding hydrogens is 402 g/mol. The van der Waals surface area contributed by atoms with Crippen LogP contribution in [0.2, 0.25) is 0 Å². The van der Waals surface area contributed by atoms with Gasteiger partial charge in [-0.3, -0.25) is 39.8 Å². The molecule has 1 aromatic heterocycles.